The minimum Gasteiger partial charge on any atom is -0.376 e. The number of benzene rings is 1. The predicted octanol–water partition coefficient (Wildman–Crippen LogP) is 1.56. The molecular weight excluding hydrogens is 330 g/mol. The molecule has 0 saturated carbocycles. The smallest absolute Gasteiger partial charge is 0.264 e. The van der Waals surface area contributed by atoms with Crippen molar-refractivity contribution in [3.63, 3.8) is 0 Å². The largest absolute Gasteiger partial charge is 0.376 e. The lowest BCUT2D eigenvalue weighted by Gasteiger charge is -2.16. The van der Waals surface area contributed by atoms with Crippen molar-refractivity contribution in [1.29, 1.82) is 0 Å². The van der Waals surface area contributed by atoms with Crippen LogP contribution in [0.2, 0.25) is 0 Å². The van der Waals surface area contributed by atoms with Crippen molar-refractivity contribution in [1.82, 2.24) is 4.72 Å². The van der Waals surface area contributed by atoms with Crippen LogP contribution < -0.4 is 4.72 Å². The minimum atomic E-state index is -3.87. The van der Waals surface area contributed by atoms with Crippen molar-refractivity contribution in [3.8, 4) is 0 Å². The van der Waals surface area contributed by atoms with Crippen LogP contribution in [-0.2, 0) is 37.1 Å². The first-order chi connectivity index (χ1) is 11.5. The first-order valence-electron chi connectivity index (χ1n) is 8.37. The standard InChI is InChI=1S/C17H23NO5S/c1-12(23-11-15-6-3-9-22-15)17(19)18-24(20,21)16-8-7-13-4-2-5-14(13)10-16/h7-8,10,12,15H,2-6,9,11H2,1H3,(H,18,19). The van der Waals surface area contributed by atoms with Gasteiger partial charge in [0.1, 0.15) is 6.10 Å². The van der Waals surface area contributed by atoms with Gasteiger partial charge in [-0.25, -0.2) is 13.1 Å². The van der Waals surface area contributed by atoms with Gasteiger partial charge in [-0.2, -0.15) is 0 Å². The lowest BCUT2D eigenvalue weighted by molar-refractivity contribution is -0.131. The van der Waals surface area contributed by atoms with Crippen LogP contribution in [-0.4, -0.2) is 39.7 Å². The number of nitrogens with one attached hydrogen (secondary N) is 1. The van der Waals surface area contributed by atoms with Crippen LogP contribution in [0.3, 0.4) is 0 Å². The Kier molecular flexibility index (Phi) is 5.22. The van der Waals surface area contributed by atoms with Crippen LogP contribution in [0.4, 0.5) is 0 Å². The number of sulfonamides is 1. The summed E-state index contributed by atoms with van der Waals surface area (Å²) in [5, 5.41) is 0. The molecule has 2 aliphatic rings. The Morgan fingerprint density at radius 3 is 2.88 bits per heavy atom. The molecule has 0 radical (unpaired) electrons. The van der Waals surface area contributed by atoms with E-state index in [1.807, 2.05) is 6.07 Å². The van der Waals surface area contributed by atoms with Crippen molar-refractivity contribution >= 4 is 15.9 Å². The summed E-state index contributed by atoms with van der Waals surface area (Å²) in [6, 6.07) is 5.05. The number of fused-ring (bicyclic) bond motifs is 1. The maximum Gasteiger partial charge on any atom is 0.264 e. The second kappa shape index (κ2) is 7.21. The quantitative estimate of drug-likeness (QED) is 0.839. The summed E-state index contributed by atoms with van der Waals surface area (Å²) in [4.78, 5) is 12.2. The third kappa shape index (κ3) is 3.96. The Morgan fingerprint density at radius 1 is 1.33 bits per heavy atom. The highest BCUT2D eigenvalue weighted by Crippen LogP contribution is 2.24. The lowest BCUT2D eigenvalue weighted by Crippen LogP contribution is -2.39. The molecule has 1 saturated heterocycles. The van der Waals surface area contributed by atoms with E-state index in [4.69, 9.17) is 9.47 Å². The zero-order valence-electron chi connectivity index (χ0n) is 13.8. The molecule has 1 heterocycles. The minimum absolute atomic E-state index is 0.00596. The number of amides is 1. The highest BCUT2D eigenvalue weighted by atomic mass is 32.2. The van der Waals surface area contributed by atoms with E-state index in [0.29, 0.717) is 13.2 Å². The van der Waals surface area contributed by atoms with Gasteiger partial charge in [-0.15, -0.1) is 0 Å². The molecular formula is C17H23NO5S. The second-order valence-electron chi connectivity index (χ2n) is 6.36. The molecule has 1 N–H and O–H groups in total. The van der Waals surface area contributed by atoms with E-state index in [0.717, 1.165) is 37.7 Å². The van der Waals surface area contributed by atoms with Crippen molar-refractivity contribution in [3.05, 3.63) is 29.3 Å². The van der Waals surface area contributed by atoms with Crippen LogP contribution >= 0.6 is 0 Å². The van der Waals surface area contributed by atoms with Gasteiger partial charge in [-0.1, -0.05) is 6.07 Å². The number of hydrogen-bond acceptors (Lipinski definition) is 5. The van der Waals surface area contributed by atoms with Crippen LogP contribution in [0.5, 0.6) is 0 Å². The molecule has 2 atom stereocenters. The topological polar surface area (TPSA) is 81.7 Å². The Hall–Kier alpha value is -1.44. The van der Waals surface area contributed by atoms with Gasteiger partial charge in [0.05, 0.1) is 17.6 Å². The number of aryl methyl sites for hydroxylation is 2. The molecule has 1 fully saturated rings. The van der Waals surface area contributed by atoms with Gasteiger partial charge in [0, 0.05) is 6.61 Å². The average molecular weight is 353 g/mol. The Morgan fingerprint density at radius 2 is 2.12 bits per heavy atom. The first kappa shape index (κ1) is 17.4. The van der Waals surface area contributed by atoms with Gasteiger partial charge in [0.15, 0.2) is 0 Å². The van der Waals surface area contributed by atoms with E-state index in [1.165, 1.54) is 5.56 Å². The molecule has 2 unspecified atom stereocenters. The third-order valence-electron chi connectivity index (χ3n) is 4.54. The van der Waals surface area contributed by atoms with Crippen molar-refractivity contribution in [2.24, 2.45) is 0 Å². The fourth-order valence-corrected chi connectivity index (χ4v) is 4.19. The number of carbonyl (C=O) groups is 1. The van der Waals surface area contributed by atoms with E-state index in [9.17, 15) is 13.2 Å². The number of carbonyl (C=O) groups excluding carboxylic acids is 1. The molecule has 0 spiro atoms. The van der Waals surface area contributed by atoms with Crippen LogP contribution in [0.25, 0.3) is 0 Å². The summed E-state index contributed by atoms with van der Waals surface area (Å²) in [5.41, 5.74) is 2.24. The maximum atomic E-state index is 12.4. The summed E-state index contributed by atoms with van der Waals surface area (Å²) >= 11 is 0. The number of hydrogen-bond donors (Lipinski definition) is 1. The lowest BCUT2D eigenvalue weighted by atomic mass is 10.1. The van der Waals surface area contributed by atoms with Crippen molar-refractivity contribution in [2.45, 2.75) is 56.1 Å². The Labute approximate surface area is 142 Å². The number of ether oxygens (including phenoxy) is 2. The zero-order valence-corrected chi connectivity index (χ0v) is 14.6. The predicted molar refractivity (Wildman–Crippen MR) is 88.2 cm³/mol. The second-order valence-corrected chi connectivity index (χ2v) is 8.05. The summed E-state index contributed by atoms with van der Waals surface area (Å²) < 4.78 is 37.8. The zero-order chi connectivity index (χ0) is 17.2. The monoisotopic (exact) mass is 353 g/mol. The maximum absolute atomic E-state index is 12.4. The fourth-order valence-electron chi connectivity index (χ4n) is 3.09. The normalized spacial score (nSPS) is 21.5. The molecule has 24 heavy (non-hydrogen) atoms. The van der Waals surface area contributed by atoms with Gasteiger partial charge in [0.25, 0.3) is 15.9 Å². The molecule has 1 aromatic carbocycles. The van der Waals surface area contributed by atoms with E-state index in [-0.39, 0.29) is 11.0 Å². The molecule has 1 aromatic rings. The molecule has 0 aromatic heterocycles. The summed E-state index contributed by atoms with van der Waals surface area (Å²) in [6.07, 6.45) is 3.94. The van der Waals surface area contributed by atoms with Gasteiger partial charge in [-0.05, 0) is 62.3 Å². The number of rotatable bonds is 6. The van der Waals surface area contributed by atoms with Crippen molar-refractivity contribution in [2.75, 3.05) is 13.2 Å². The van der Waals surface area contributed by atoms with Gasteiger partial charge in [-0.3, -0.25) is 4.79 Å². The van der Waals surface area contributed by atoms with E-state index in [1.54, 1.807) is 19.1 Å². The molecule has 6 nitrogen and oxygen atoms in total. The molecule has 132 valence electrons. The Balaban J connectivity index is 1.59. The first-order valence-corrected chi connectivity index (χ1v) is 9.86. The van der Waals surface area contributed by atoms with E-state index < -0.39 is 22.0 Å². The van der Waals surface area contributed by atoms with Crippen LogP contribution in [0.1, 0.15) is 37.3 Å². The molecule has 1 aliphatic heterocycles. The summed E-state index contributed by atoms with van der Waals surface area (Å²) in [7, 11) is -3.87. The van der Waals surface area contributed by atoms with Gasteiger partial charge in [0.2, 0.25) is 0 Å². The van der Waals surface area contributed by atoms with E-state index in [2.05, 4.69) is 4.72 Å². The van der Waals surface area contributed by atoms with Crippen LogP contribution in [0, 0.1) is 0 Å². The molecule has 1 aliphatic carbocycles. The fraction of sp³-hybridized carbons (Fsp3) is 0.588. The molecule has 3 rings (SSSR count). The molecule has 0 bridgehead atoms. The Bertz CT molecular complexity index is 710. The van der Waals surface area contributed by atoms with Gasteiger partial charge >= 0.3 is 0 Å². The summed E-state index contributed by atoms with van der Waals surface area (Å²) in [5.74, 6) is -0.659. The highest BCUT2D eigenvalue weighted by Gasteiger charge is 2.25. The molecule has 1 amide bonds. The van der Waals surface area contributed by atoms with Crippen LogP contribution in [0.15, 0.2) is 23.1 Å². The van der Waals surface area contributed by atoms with Gasteiger partial charge < -0.3 is 9.47 Å². The van der Waals surface area contributed by atoms with E-state index >= 15 is 0 Å². The summed E-state index contributed by atoms with van der Waals surface area (Å²) in [6.45, 7) is 2.55. The SMILES string of the molecule is CC(OCC1CCCO1)C(=O)NS(=O)(=O)c1ccc2c(c1)CCC2. The van der Waals surface area contributed by atoms with Crippen molar-refractivity contribution < 1.29 is 22.7 Å². The average Bonchev–Trinajstić information content (AvgIpc) is 3.22. The molecule has 7 heteroatoms. The third-order valence-corrected chi connectivity index (χ3v) is 5.89. The highest BCUT2D eigenvalue weighted by molar-refractivity contribution is 7.90.